The monoisotopic (exact) mass is 358 g/mol. The molecule has 22 heavy (non-hydrogen) atoms. The van der Waals surface area contributed by atoms with E-state index in [1.807, 2.05) is 23.6 Å². The molecule has 2 N–H and O–H groups in total. The van der Waals surface area contributed by atoms with Gasteiger partial charge in [0.1, 0.15) is 5.82 Å². The highest BCUT2D eigenvalue weighted by Crippen LogP contribution is 2.28. The lowest BCUT2D eigenvalue weighted by Gasteiger charge is -2.07. The van der Waals surface area contributed by atoms with Crippen molar-refractivity contribution in [3.05, 3.63) is 39.6 Å². The molecule has 0 fully saturated rings. The minimum absolute atomic E-state index is 0.270. The Labute approximate surface area is 143 Å². The van der Waals surface area contributed by atoms with Crippen LogP contribution in [0.4, 0.5) is 0 Å². The average molecular weight is 359 g/mol. The molecule has 2 aromatic rings. The Morgan fingerprint density at radius 3 is 2.77 bits per heavy atom. The van der Waals surface area contributed by atoms with Crippen LogP contribution in [-0.2, 0) is 23.5 Å². The number of aryl methyl sites for hydroxylation is 1. The molecule has 0 radical (unpaired) electrons. The predicted octanol–water partition coefficient (Wildman–Crippen LogP) is 3.32. The molecule has 8 heteroatoms. The first-order valence-electron chi connectivity index (χ1n) is 6.78. The van der Waals surface area contributed by atoms with Crippen molar-refractivity contribution in [3.63, 3.8) is 0 Å². The van der Waals surface area contributed by atoms with Gasteiger partial charge in [0.05, 0.1) is 0 Å². The number of aromatic nitrogens is 3. The lowest BCUT2D eigenvalue weighted by molar-refractivity contribution is -0.118. The van der Waals surface area contributed by atoms with Crippen LogP contribution in [0.1, 0.15) is 24.7 Å². The molecule has 0 saturated heterocycles. The van der Waals surface area contributed by atoms with Crippen LogP contribution in [0, 0.1) is 0 Å². The quantitative estimate of drug-likeness (QED) is 0.770. The molecule has 1 amide bonds. The van der Waals surface area contributed by atoms with E-state index in [2.05, 4.69) is 10.2 Å². The maximum Gasteiger partial charge on any atom is 0.217 e. The molecule has 1 aromatic carbocycles. The van der Waals surface area contributed by atoms with Crippen molar-refractivity contribution < 1.29 is 4.79 Å². The van der Waals surface area contributed by atoms with Gasteiger partial charge in [0.15, 0.2) is 5.16 Å². The van der Waals surface area contributed by atoms with Crippen LogP contribution in [0.25, 0.3) is 0 Å². The fraction of sp³-hybridized carbons (Fsp3) is 0.357. The lowest BCUT2D eigenvalue weighted by atomic mass is 10.2. The number of primary amides is 1. The van der Waals surface area contributed by atoms with E-state index in [4.69, 9.17) is 28.9 Å². The minimum atomic E-state index is -0.340. The summed E-state index contributed by atoms with van der Waals surface area (Å²) >= 11 is 13.6. The number of carbonyl (C=O) groups is 1. The molecule has 0 spiro atoms. The molecule has 2 rings (SSSR count). The van der Waals surface area contributed by atoms with Gasteiger partial charge < -0.3 is 10.3 Å². The molecule has 0 aliphatic heterocycles. The average Bonchev–Trinajstić information content (AvgIpc) is 2.86. The number of benzene rings is 1. The SMILES string of the molecule is CCn1c(CCC(N)=O)nnc1SCc1ccc(Cl)cc1Cl. The number of rotatable bonds is 7. The van der Waals surface area contributed by atoms with Gasteiger partial charge in [-0.15, -0.1) is 10.2 Å². The van der Waals surface area contributed by atoms with Crippen LogP contribution in [0.15, 0.2) is 23.4 Å². The largest absolute Gasteiger partial charge is 0.370 e. The Morgan fingerprint density at radius 1 is 1.36 bits per heavy atom. The maximum absolute atomic E-state index is 10.9. The standard InChI is InChI=1S/C14H16Cl2N4OS/c1-2-20-13(6-5-12(17)21)18-19-14(20)22-8-9-3-4-10(15)7-11(9)16/h3-4,7H,2,5-6,8H2,1H3,(H2,17,21). The van der Waals surface area contributed by atoms with Gasteiger partial charge in [-0.1, -0.05) is 41.0 Å². The zero-order valence-corrected chi connectivity index (χ0v) is 14.4. The highest BCUT2D eigenvalue weighted by molar-refractivity contribution is 7.98. The second-order valence-corrected chi connectivity index (χ2v) is 6.42. The summed E-state index contributed by atoms with van der Waals surface area (Å²) in [5, 5.41) is 10.4. The normalized spacial score (nSPS) is 10.9. The third-order valence-electron chi connectivity index (χ3n) is 3.08. The third kappa shape index (κ3) is 4.38. The molecule has 0 saturated carbocycles. The first-order valence-corrected chi connectivity index (χ1v) is 8.52. The first-order chi connectivity index (χ1) is 10.5. The summed E-state index contributed by atoms with van der Waals surface area (Å²) in [4.78, 5) is 10.9. The number of halogens is 2. The summed E-state index contributed by atoms with van der Waals surface area (Å²) in [6.07, 6.45) is 0.768. The molecule has 118 valence electrons. The van der Waals surface area contributed by atoms with Gasteiger partial charge in [-0.25, -0.2) is 0 Å². The Hall–Kier alpha value is -1.24. The van der Waals surface area contributed by atoms with Gasteiger partial charge in [0.25, 0.3) is 0 Å². The highest BCUT2D eigenvalue weighted by Gasteiger charge is 2.13. The molecule has 5 nitrogen and oxygen atoms in total. The van der Waals surface area contributed by atoms with Crippen molar-refractivity contribution >= 4 is 40.9 Å². The smallest absolute Gasteiger partial charge is 0.217 e. The first kappa shape index (κ1) is 17.1. The van der Waals surface area contributed by atoms with E-state index in [0.29, 0.717) is 22.2 Å². The summed E-state index contributed by atoms with van der Waals surface area (Å²) in [5.74, 6) is 1.10. The molecular weight excluding hydrogens is 343 g/mol. The van der Waals surface area contributed by atoms with E-state index in [0.717, 1.165) is 23.1 Å². The van der Waals surface area contributed by atoms with Crippen LogP contribution in [0.5, 0.6) is 0 Å². The number of nitrogens with zero attached hydrogens (tertiary/aromatic N) is 3. The van der Waals surface area contributed by atoms with E-state index in [1.165, 1.54) is 0 Å². The molecule has 0 atom stereocenters. The second kappa shape index (κ2) is 7.85. The number of amides is 1. The summed E-state index contributed by atoms with van der Waals surface area (Å²) < 4.78 is 1.98. The number of nitrogens with two attached hydrogens (primary N) is 1. The van der Waals surface area contributed by atoms with E-state index >= 15 is 0 Å². The Bertz CT molecular complexity index is 675. The van der Waals surface area contributed by atoms with E-state index < -0.39 is 0 Å². The van der Waals surface area contributed by atoms with Crippen LogP contribution >= 0.6 is 35.0 Å². The third-order valence-corrected chi connectivity index (χ3v) is 4.68. The second-order valence-electron chi connectivity index (χ2n) is 4.63. The molecule has 1 heterocycles. The van der Waals surface area contributed by atoms with Gasteiger partial charge in [0, 0.05) is 35.2 Å². The van der Waals surface area contributed by atoms with Gasteiger partial charge in [-0.3, -0.25) is 4.79 Å². The predicted molar refractivity (Wildman–Crippen MR) is 89.2 cm³/mol. The lowest BCUT2D eigenvalue weighted by Crippen LogP contribution is -2.13. The van der Waals surface area contributed by atoms with Gasteiger partial charge in [-0.2, -0.15) is 0 Å². The van der Waals surface area contributed by atoms with Gasteiger partial charge in [-0.05, 0) is 24.6 Å². The summed E-state index contributed by atoms with van der Waals surface area (Å²) in [7, 11) is 0. The summed E-state index contributed by atoms with van der Waals surface area (Å²) in [6.45, 7) is 2.74. The summed E-state index contributed by atoms with van der Waals surface area (Å²) in [6, 6.07) is 5.44. The van der Waals surface area contributed by atoms with E-state index in [1.54, 1.807) is 17.8 Å². The van der Waals surface area contributed by atoms with E-state index in [9.17, 15) is 4.79 Å². The molecule has 0 aliphatic rings. The van der Waals surface area contributed by atoms with Crippen LogP contribution in [0.3, 0.4) is 0 Å². The van der Waals surface area contributed by atoms with Crippen LogP contribution in [-0.4, -0.2) is 20.7 Å². The fourth-order valence-electron chi connectivity index (χ4n) is 1.94. The number of thioether (sulfide) groups is 1. The zero-order chi connectivity index (χ0) is 16.1. The number of carbonyl (C=O) groups excluding carboxylic acids is 1. The molecule has 1 aromatic heterocycles. The molecule has 0 unspecified atom stereocenters. The van der Waals surface area contributed by atoms with Crippen molar-refractivity contribution in [2.45, 2.75) is 37.2 Å². The Balaban J connectivity index is 2.07. The van der Waals surface area contributed by atoms with Gasteiger partial charge in [0.2, 0.25) is 5.91 Å². The maximum atomic E-state index is 10.9. The van der Waals surface area contributed by atoms with Crippen molar-refractivity contribution in [1.82, 2.24) is 14.8 Å². The van der Waals surface area contributed by atoms with Crippen molar-refractivity contribution in [2.75, 3.05) is 0 Å². The zero-order valence-electron chi connectivity index (χ0n) is 12.1. The molecular formula is C14H16Cl2N4OS. The number of hydrogen-bond donors (Lipinski definition) is 1. The number of hydrogen-bond acceptors (Lipinski definition) is 4. The Morgan fingerprint density at radius 2 is 2.14 bits per heavy atom. The van der Waals surface area contributed by atoms with E-state index in [-0.39, 0.29) is 12.3 Å². The van der Waals surface area contributed by atoms with Crippen LogP contribution < -0.4 is 5.73 Å². The van der Waals surface area contributed by atoms with Crippen LogP contribution in [0.2, 0.25) is 10.0 Å². The highest BCUT2D eigenvalue weighted by atomic mass is 35.5. The van der Waals surface area contributed by atoms with Crippen molar-refractivity contribution in [3.8, 4) is 0 Å². The summed E-state index contributed by atoms with van der Waals surface area (Å²) in [5.41, 5.74) is 6.16. The Kier molecular flexibility index (Phi) is 6.11. The van der Waals surface area contributed by atoms with Crippen molar-refractivity contribution in [1.29, 1.82) is 0 Å². The van der Waals surface area contributed by atoms with Gasteiger partial charge >= 0.3 is 0 Å². The topological polar surface area (TPSA) is 73.8 Å². The van der Waals surface area contributed by atoms with Crippen molar-refractivity contribution in [2.24, 2.45) is 5.73 Å². The molecule has 0 bridgehead atoms. The molecule has 0 aliphatic carbocycles. The fourth-order valence-corrected chi connectivity index (χ4v) is 3.52. The minimum Gasteiger partial charge on any atom is -0.370 e.